The topological polar surface area (TPSA) is 49.3 Å². The molecular weight excluding hydrogens is 974 g/mol. The number of hydrogen-bond acceptors (Lipinski definition) is 5. The van der Waals surface area contributed by atoms with Gasteiger partial charge in [-0.15, -0.1) is 0 Å². The summed E-state index contributed by atoms with van der Waals surface area (Å²) in [6, 6.07) is 48.6. The van der Waals surface area contributed by atoms with Crippen molar-refractivity contribution in [1.29, 1.82) is 0 Å². The Hall–Kier alpha value is -5.35. The minimum absolute atomic E-state index is 0. The van der Waals surface area contributed by atoms with Crippen LogP contribution in [0, 0.1) is 39.8 Å². The van der Waals surface area contributed by atoms with E-state index in [1.165, 1.54) is 33.4 Å². The summed E-state index contributed by atoms with van der Waals surface area (Å²) in [5.41, 5.74) is 9.27. The average Bonchev–Trinajstić information content (AvgIpc) is 3.69. The molecule has 0 saturated carbocycles. The Kier molecular flexibility index (Phi) is 14.1. The third-order valence-electron chi connectivity index (χ3n) is 11.7. The molecule has 0 aromatic heterocycles. The molecule has 1 aliphatic carbocycles. The van der Waals surface area contributed by atoms with Gasteiger partial charge in [-0.2, -0.15) is 17.4 Å². The van der Waals surface area contributed by atoms with Crippen molar-refractivity contribution < 1.29 is 38.4 Å². The van der Waals surface area contributed by atoms with Gasteiger partial charge in [-0.25, -0.2) is 4.99 Å². The van der Waals surface area contributed by atoms with Crippen LogP contribution in [0.5, 0.6) is 11.5 Å². The van der Waals surface area contributed by atoms with Gasteiger partial charge in [0.05, 0.1) is 0 Å². The fourth-order valence-electron chi connectivity index (χ4n) is 9.17. The summed E-state index contributed by atoms with van der Waals surface area (Å²) >= 11 is 0. The van der Waals surface area contributed by atoms with Gasteiger partial charge in [0.2, 0.25) is 5.90 Å². The van der Waals surface area contributed by atoms with Crippen LogP contribution in [0.2, 0.25) is 0 Å². The quantitative estimate of drug-likeness (QED) is 0.112. The van der Waals surface area contributed by atoms with Gasteiger partial charge in [-0.3, -0.25) is 21.2 Å². The van der Waals surface area contributed by atoms with E-state index in [2.05, 4.69) is 161 Å². The number of nitrogens with zero attached hydrogens (tertiary/aromatic N) is 1. The Morgan fingerprint density at radius 1 is 0.603 bits per heavy atom. The molecule has 2 heterocycles. The van der Waals surface area contributed by atoms with E-state index < -0.39 is 14.2 Å². The number of rotatable bonds is 8. The van der Waals surface area contributed by atoms with Crippen molar-refractivity contribution in [2.24, 2.45) is 4.99 Å². The van der Waals surface area contributed by atoms with Crippen LogP contribution in [-0.2, 0) is 42.2 Å². The van der Waals surface area contributed by atoms with E-state index in [1.807, 2.05) is 30.3 Å². The largest absolute Gasteiger partial charge is 0.500 e. The summed E-state index contributed by atoms with van der Waals surface area (Å²) in [5.74, 6) is 2.13. The van der Waals surface area contributed by atoms with E-state index in [-0.39, 0.29) is 26.1 Å². The molecule has 10 rings (SSSR count). The molecule has 1 radical (unpaired) electrons. The van der Waals surface area contributed by atoms with Gasteiger partial charge < -0.3 is 16.9 Å². The minimum atomic E-state index is -2.52. The SMILES string of the molecule is Cc1cc(C)cc(CC(Cc2cc(C)cc(C)c2)(O[PH+]2Oc3ccc4ccccc4c3-c3c(ccc4ccccc34)O2)[C@H]2COC(c3ccccc3)=N2)c1.[C-]1=CCC[C-]=CCC1.[Ir]. The minimum Gasteiger partial charge on any atom is -0.500 e. The molecule has 2 aliphatic heterocycles. The predicted molar refractivity (Wildman–Crippen MR) is 256 cm³/mol. The van der Waals surface area contributed by atoms with Crippen molar-refractivity contribution in [2.75, 3.05) is 6.61 Å². The molecule has 0 saturated heterocycles. The Balaban J connectivity index is 0.000000547. The standard InChI is InChI=1S/C48H43NO4P.C8H10.Ir/c1-31-22-32(2)25-35(24-31)28-48(29-36-26-33(3)23-34(4)27-36,44-30-50-47(49-44)39-14-6-5-7-15-39)53-54-51-42-20-18-37-12-8-10-16-40(37)45(42)46-41-17-11-9-13-38(41)19-21-43(46)52-54;1-2-4-6-8-7-5-3-1;/h5-27,44,54H,28-30H2,1-4H3;1,8H,2,4-5,7H2;/q+1;-2;/t44-;;/m1../s1. The van der Waals surface area contributed by atoms with Crippen molar-refractivity contribution in [2.45, 2.75) is 77.9 Å². The van der Waals surface area contributed by atoms with E-state index in [0.717, 1.165) is 75.4 Å². The molecule has 0 unspecified atom stereocenters. The van der Waals surface area contributed by atoms with Gasteiger partial charge >= 0.3 is 8.60 Å². The summed E-state index contributed by atoms with van der Waals surface area (Å²) < 4.78 is 28.2. The maximum Gasteiger partial charge on any atom is 0.486 e. The molecule has 0 spiro atoms. The molecule has 7 heteroatoms. The zero-order valence-electron chi connectivity index (χ0n) is 36.4. The first-order valence-corrected chi connectivity index (χ1v) is 23.0. The van der Waals surface area contributed by atoms with Crippen LogP contribution in [0.3, 0.4) is 0 Å². The van der Waals surface area contributed by atoms with Gasteiger partial charge in [-0.05, 0) is 84.6 Å². The first-order chi connectivity index (χ1) is 30.3. The second-order valence-electron chi connectivity index (χ2n) is 16.8. The number of aryl methyl sites for hydroxylation is 4. The number of aliphatic imine (C=N–C) groups is 1. The van der Waals surface area contributed by atoms with E-state index in [0.29, 0.717) is 25.3 Å². The first-order valence-electron chi connectivity index (χ1n) is 21.8. The zero-order chi connectivity index (χ0) is 42.5. The number of hydrogen-bond donors (Lipinski definition) is 0. The molecular formula is C56H53IrNO4P-. The second kappa shape index (κ2) is 20.0. The Morgan fingerprint density at radius 2 is 1.08 bits per heavy atom. The Morgan fingerprint density at radius 3 is 1.59 bits per heavy atom. The fourth-order valence-corrected chi connectivity index (χ4v) is 10.6. The maximum absolute atomic E-state index is 7.60. The maximum atomic E-state index is 7.60. The van der Waals surface area contributed by atoms with Crippen molar-refractivity contribution in [3.8, 4) is 22.6 Å². The van der Waals surface area contributed by atoms with Crippen LogP contribution in [0.15, 0.2) is 157 Å². The van der Waals surface area contributed by atoms with Crippen molar-refractivity contribution in [3.05, 3.63) is 203 Å². The average molecular weight is 1030 g/mol. The molecule has 0 amide bonds. The Labute approximate surface area is 387 Å². The zero-order valence-corrected chi connectivity index (χ0v) is 39.8. The van der Waals surface area contributed by atoms with Crippen LogP contribution in [-0.4, -0.2) is 24.1 Å². The number of allylic oxidation sites excluding steroid dienone is 4. The third-order valence-corrected chi connectivity index (χ3v) is 13.1. The van der Waals surface area contributed by atoms with Crippen molar-refractivity contribution in [1.82, 2.24) is 0 Å². The normalized spacial score (nSPS) is 15.8. The van der Waals surface area contributed by atoms with Crippen molar-refractivity contribution >= 4 is 36.0 Å². The number of fused-ring (bicyclic) bond motifs is 7. The molecule has 7 aromatic carbocycles. The molecule has 63 heavy (non-hydrogen) atoms. The van der Waals surface area contributed by atoms with Crippen LogP contribution >= 0.6 is 8.60 Å². The van der Waals surface area contributed by atoms with Gasteiger partial charge in [0.15, 0.2) is 17.1 Å². The molecule has 0 fully saturated rings. The van der Waals surface area contributed by atoms with Crippen molar-refractivity contribution in [3.63, 3.8) is 0 Å². The van der Waals surface area contributed by atoms with Crippen LogP contribution in [0.25, 0.3) is 32.7 Å². The summed E-state index contributed by atoms with van der Waals surface area (Å²) in [6.07, 6.45) is 16.2. The number of benzene rings is 7. The van der Waals surface area contributed by atoms with Crippen LogP contribution in [0.1, 0.15) is 64.6 Å². The third kappa shape index (κ3) is 10.2. The van der Waals surface area contributed by atoms with E-state index >= 15 is 0 Å². The predicted octanol–water partition coefficient (Wildman–Crippen LogP) is 14.0. The van der Waals surface area contributed by atoms with Gasteiger partial charge in [0.25, 0.3) is 0 Å². The van der Waals surface area contributed by atoms with E-state index in [1.54, 1.807) is 0 Å². The fraction of sp³-hybridized carbons (Fsp3) is 0.232. The smallest absolute Gasteiger partial charge is 0.486 e. The summed E-state index contributed by atoms with van der Waals surface area (Å²) in [5, 5.41) is 4.50. The summed E-state index contributed by atoms with van der Waals surface area (Å²) in [6.45, 7) is 8.98. The van der Waals surface area contributed by atoms with Crippen LogP contribution < -0.4 is 9.05 Å². The van der Waals surface area contributed by atoms with Gasteiger partial charge in [0.1, 0.15) is 12.6 Å². The van der Waals surface area contributed by atoms with Gasteiger partial charge in [0, 0.05) is 49.6 Å². The van der Waals surface area contributed by atoms with E-state index in [4.69, 9.17) is 23.3 Å². The summed E-state index contributed by atoms with van der Waals surface area (Å²) in [4.78, 5) is 5.35. The van der Waals surface area contributed by atoms with Gasteiger partial charge in [-0.1, -0.05) is 150 Å². The Bertz CT molecular complexity index is 2610. The molecule has 0 bridgehead atoms. The molecule has 7 aromatic rings. The molecule has 5 nitrogen and oxygen atoms in total. The molecule has 1 atom stereocenters. The summed E-state index contributed by atoms with van der Waals surface area (Å²) in [7, 11) is -2.52. The molecule has 0 N–H and O–H groups in total. The van der Waals surface area contributed by atoms with Crippen LogP contribution in [0.4, 0.5) is 0 Å². The second-order valence-corrected chi connectivity index (χ2v) is 17.9. The monoisotopic (exact) mass is 1030 g/mol. The number of ether oxygens (including phenoxy) is 1. The first kappa shape index (κ1) is 44.3. The molecule has 321 valence electrons. The molecule has 3 aliphatic rings. The van der Waals surface area contributed by atoms with E-state index in [9.17, 15) is 0 Å².